The van der Waals surface area contributed by atoms with Crippen LogP contribution in [0.3, 0.4) is 0 Å². The van der Waals surface area contributed by atoms with Crippen LogP contribution in [0, 0.1) is 6.92 Å². The van der Waals surface area contributed by atoms with Gasteiger partial charge in [0.2, 0.25) is 0 Å². The Kier molecular flexibility index (Phi) is 4.93. The van der Waals surface area contributed by atoms with Crippen LogP contribution < -0.4 is 0 Å². The molecule has 1 aromatic carbocycles. The first-order valence-electron chi connectivity index (χ1n) is 6.78. The van der Waals surface area contributed by atoms with Crippen molar-refractivity contribution in [3.05, 3.63) is 35.4 Å². The summed E-state index contributed by atoms with van der Waals surface area (Å²) in [5.41, 5.74) is 1.93. The number of benzene rings is 1. The molecule has 1 aliphatic heterocycles. The van der Waals surface area contributed by atoms with Gasteiger partial charge < -0.3 is 9.64 Å². The molecule has 0 spiro atoms. The lowest BCUT2D eigenvalue weighted by atomic mass is 10.1. The topological polar surface area (TPSA) is 32.8 Å². The van der Waals surface area contributed by atoms with Gasteiger partial charge in [0, 0.05) is 45.4 Å². The highest BCUT2D eigenvalue weighted by Crippen LogP contribution is 2.10. The highest BCUT2D eigenvalue weighted by atomic mass is 16.5. The zero-order valence-electron chi connectivity index (χ0n) is 11.8. The van der Waals surface area contributed by atoms with Gasteiger partial charge in [0.25, 0.3) is 5.91 Å². The van der Waals surface area contributed by atoms with E-state index in [1.54, 1.807) is 7.11 Å². The molecule has 0 radical (unpaired) electrons. The lowest BCUT2D eigenvalue weighted by Crippen LogP contribution is -2.49. The third kappa shape index (κ3) is 3.78. The highest BCUT2D eigenvalue weighted by Gasteiger charge is 2.21. The Morgan fingerprint density at radius 3 is 2.63 bits per heavy atom. The average molecular weight is 262 g/mol. The number of hydrogen-bond acceptors (Lipinski definition) is 3. The van der Waals surface area contributed by atoms with E-state index in [1.807, 2.05) is 36.1 Å². The third-order valence-electron chi connectivity index (χ3n) is 3.54. The van der Waals surface area contributed by atoms with Crippen molar-refractivity contribution < 1.29 is 9.53 Å². The van der Waals surface area contributed by atoms with E-state index in [0.29, 0.717) is 0 Å². The molecule has 4 nitrogen and oxygen atoms in total. The van der Waals surface area contributed by atoms with Crippen molar-refractivity contribution in [3.63, 3.8) is 0 Å². The molecule has 2 rings (SSSR count). The summed E-state index contributed by atoms with van der Waals surface area (Å²) in [6, 6.07) is 7.81. The normalized spacial score (nSPS) is 16.6. The van der Waals surface area contributed by atoms with Crippen LogP contribution >= 0.6 is 0 Å². The van der Waals surface area contributed by atoms with Crippen LogP contribution in [0.25, 0.3) is 0 Å². The van der Waals surface area contributed by atoms with Gasteiger partial charge in [0.05, 0.1) is 6.61 Å². The third-order valence-corrected chi connectivity index (χ3v) is 3.54. The second-order valence-electron chi connectivity index (χ2n) is 5.00. The first-order valence-corrected chi connectivity index (χ1v) is 6.78. The summed E-state index contributed by atoms with van der Waals surface area (Å²) >= 11 is 0. The molecule has 0 atom stereocenters. The van der Waals surface area contributed by atoms with E-state index >= 15 is 0 Å². The maximum Gasteiger partial charge on any atom is 0.253 e. The molecule has 0 saturated carbocycles. The van der Waals surface area contributed by atoms with Crippen molar-refractivity contribution in [1.29, 1.82) is 0 Å². The van der Waals surface area contributed by atoms with Gasteiger partial charge in [-0.05, 0) is 19.1 Å². The van der Waals surface area contributed by atoms with Crippen LogP contribution in [-0.2, 0) is 4.74 Å². The number of rotatable bonds is 4. The van der Waals surface area contributed by atoms with Gasteiger partial charge in [0.15, 0.2) is 0 Å². The first kappa shape index (κ1) is 14.0. The quantitative estimate of drug-likeness (QED) is 0.822. The van der Waals surface area contributed by atoms with E-state index < -0.39 is 0 Å². The highest BCUT2D eigenvalue weighted by molar-refractivity contribution is 5.94. The molecular weight excluding hydrogens is 240 g/mol. The van der Waals surface area contributed by atoms with Crippen molar-refractivity contribution in [2.24, 2.45) is 0 Å². The molecule has 19 heavy (non-hydrogen) atoms. The minimum atomic E-state index is 0.148. The molecule has 1 fully saturated rings. The molecular formula is C15H22N2O2. The molecule has 0 aromatic heterocycles. The fourth-order valence-corrected chi connectivity index (χ4v) is 2.36. The maximum absolute atomic E-state index is 12.4. The molecule has 0 aliphatic carbocycles. The minimum Gasteiger partial charge on any atom is -0.383 e. The zero-order chi connectivity index (χ0) is 13.7. The fourth-order valence-electron chi connectivity index (χ4n) is 2.36. The van der Waals surface area contributed by atoms with Gasteiger partial charge >= 0.3 is 0 Å². The molecule has 1 amide bonds. The number of carbonyl (C=O) groups is 1. The van der Waals surface area contributed by atoms with Gasteiger partial charge in [-0.25, -0.2) is 0 Å². The van der Waals surface area contributed by atoms with Gasteiger partial charge in [-0.3, -0.25) is 9.69 Å². The smallest absolute Gasteiger partial charge is 0.253 e. The first-order chi connectivity index (χ1) is 9.20. The summed E-state index contributed by atoms with van der Waals surface area (Å²) in [6.07, 6.45) is 0. The van der Waals surface area contributed by atoms with Crippen molar-refractivity contribution in [2.75, 3.05) is 46.4 Å². The molecule has 104 valence electrons. The van der Waals surface area contributed by atoms with Crippen molar-refractivity contribution in [1.82, 2.24) is 9.80 Å². The number of nitrogens with zero attached hydrogens (tertiary/aromatic N) is 2. The monoisotopic (exact) mass is 262 g/mol. The van der Waals surface area contributed by atoms with Gasteiger partial charge in [-0.15, -0.1) is 0 Å². The summed E-state index contributed by atoms with van der Waals surface area (Å²) in [4.78, 5) is 16.6. The average Bonchev–Trinajstić information content (AvgIpc) is 2.45. The van der Waals surface area contributed by atoms with Gasteiger partial charge in [-0.2, -0.15) is 0 Å². The minimum absolute atomic E-state index is 0.148. The Morgan fingerprint density at radius 1 is 1.26 bits per heavy atom. The van der Waals surface area contributed by atoms with Crippen LogP contribution in [0.2, 0.25) is 0 Å². The van der Waals surface area contributed by atoms with Crippen molar-refractivity contribution in [2.45, 2.75) is 6.92 Å². The van der Waals surface area contributed by atoms with E-state index in [-0.39, 0.29) is 5.91 Å². The lowest BCUT2D eigenvalue weighted by molar-refractivity contribution is 0.0594. The Hall–Kier alpha value is -1.39. The van der Waals surface area contributed by atoms with Gasteiger partial charge in [0.1, 0.15) is 0 Å². The molecule has 1 heterocycles. The van der Waals surface area contributed by atoms with E-state index in [9.17, 15) is 4.79 Å². The molecule has 0 bridgehead atoms. The summed E-state index contributed by atoms with van der Waals surface area (Å²) in [5.74, 6) is 0.148. The number of hydrogen-bond donors (Lipinski definition) is 0. The van der Waals surface area contributed by atoms with Crippen LogP contribution in [0.4, 0.5) is 0 Å². The molecule has 0 unspecified atom stereocenters. The predicted octanol–water partition coefficient (Wildman–Crippen LogP) is 1.40. The SMILES string of the molecule is COCCN1CCN(C(=O)c2cccc(C)c2)CC1. The largest absolute Gasteiger partial charge is 0.383 e. The number of carbonyl (C=O) groups excluding carboxylic acids is 1. The Bertz CT molecular complexity index is 426. The Morgan fingerprint density at radius 2 is 2.00 bits per heavy atom. The van der Waals surface area contributed by atoms with E-state index in [2.05, 4.69) is 4.90 Å². The predicted molar refractivity (Wildman–Crippen MR) is 75.4 cm³/mol. The molecule has 1 aliphatic rings. The van der Waals surface area contributed by atoms with Crippen LogP contribution in [0.5, 0.6) is 0 Å². The molecule has 1 saturated heterocycles. The van der Waals surface area contributed by atoms with E-state index in [1.165, 1.54) is 0 Å². The summed E-state index contributed by atoms with van der Waals surface area (Å²) in [6.45, 7) is 7.18. The van der Waals surface area contributed by atoms with Gasteiger partial charge in [-0.1, -0.05) is 17.7 Å². The fraction of sp³-hybridized carbons (Fsp3) is 0.533. The number of amides is 1. The molecule has 1 aromatic rings. The number of aryl methyl sites for hydroxylation is 1. The van der Waals surface area contributed by atoms with Crippen LogP contribution in [0.1, 0.15) is 15.9 Å². The van der Waals surface area contributed by atoms with Crippen molar-refractivity contribution >= 4 is 5.91 Å². The van der Waals surface area contributed by atoms with Crippen LogP contribution in [0.15, 0.2) is 24.3 Å². The number of piperazine rings is 1. The second kappa shape index (κ2) is 6.68. The van der Waals surface area contributed by atoms with E-state index in [4.69, 9.17) is 4.74 Å². The standard InChI is InChI=1S/C15H22N2O2/c1-13-4-3-5-14(12-13)15(18)17-8-6-16(7-9-17)10-11-19-2/h3-5,12H,6-11H2,1-2H3. The summed E-state index contributed by atoms with van der Waals surface area (Å²) < 4.78 is 5.08. The molecule has 4 heteroatoms. The van der Waals surface area contributed by atoms with Crippen molar-refractivity contribution in [3.8, 4) is 0 Å². The number of ether oxygens (including phenoxy) is 1. The lowest BCUT2D eigenvalue weighted by Gasteiger charge is -2.34. The zero-order valence-corrected chi connectivity index (χ0v) is 11.8. The molecule has 0 N–H and O–H groups in total. The second-order valence-corrected chi connectivity index (χ2v) is 5.00. The Labute approximate surface area is 115 Å². The van der Waals surface area contributed by atoms with E-state index in [0.717, 1.165) is 50.5 Å². The Balaban J connectivity index is 1.89. The van der Waals surface area contributed by atoms with Crippen LogP contribution in [-0.4, -0.2) is 62.1 Å². The summed E-state index contributed by atoms with van der Waals surface area (Å²) in [7, 11) is 1.72. The number of methoxy groups -OCH3 is 1. The summed E-state index contributed by atoms with van der Waals surface area (Å²) in [5, 5.41) is 0. The maximum atomic E-state index is 12.4.